The lowest BCUT2D eigenvalue weighted by Gasteiger charge is -2.22. The van der Waals surface area contributed by atoms with Crippen molar-refractivity contribution in [2.75, 3.05) is 19.6 Å². The molecule has 0 spiro atoms. The SMILES string of the molecule is CC(C)N1CCC(CNC(=O)NC(C)(C)C(=O)O)C1. The summed E-state index contributed by atoms with van der Waals surface area (Å²) in [6.45, 7) is 9.89. The number of likely N-dealkylation sites (tertiary alicyclic amines) is 1. The van der Waals surface area contributed by atoms with Gasteiger partial charge in [-0.25, -0.2) is 9.59 Å². The van der Waals surface area contributed by atoms with Crippen LogP contribution in [0.2, 0.25) is 0 Å². The van der Waals surface area contributed by atoms with Gasteiger partial charge in [0, 0.05) is 19.1 Å². The van der Waals surface area contributed by atoms with Crippen molar-refractivity contribution in [1.82, 2.24) is 15.5 Å². The number of nitrogens with one attached hydrogen (secondary N) is 2. The maximum Gasteiger partial charge on any atom is 0.328 e. The van der Waals surface area contributed by atoms with Gasteiger partial charge in [0.25, 0.3) is 0 Å². The maximum absolute atomic E-state index is 11.6. The molecule has 6 nitrogen and oxygen atoms in total. The van der Waals surface area contributed by atoms with Gasteiger partial charge in [-0.05, 0) is 46.6 Å². The van der Waals surface area contributed by atoms with Crippen molar-refractivity contribution < 1.29 is 14.7 Å². The number of carboxylic acid groups (broad SMARTS) is 1. The Balaban J connectivity index is 2.30. The standard InChI is InChI=1S/C13H25N3O3/c1-9(2)16-6-5-10(8-16)7-14-12(19)15-13(3,4)11(17)18/h9-10H,5-8H2,1-4H3,(H,17,18)(H2,14,15,19). The highest BCUT2D eigenvalue weighted by Gasteiger charge is 2.29. The van der Waals surface area contributed by atoms with Crippen LogP contribution in [-0.2, 0) is 4.79 Å². The van der Waals surface area contributed by atoms with Gasteiger partial charge in [0.15, 0.2) is 0 Å². The molecule has 0 aromatic carbocycles. The highest BCUT2D eigenvalue weighted by Crippen LogP contribution is 2.17. The first-order valence-electron chi connectivity index (χ1n) is 6.76. The largest absolute Gasteiger partial charge is 0.480 e. The Kier molecular flexibility index (Phi) is 5.17. The van der Waals surface area contributed by atoms with E-state index in [1.807, 2.05) is 0 Å². The first-order chi connectivity index (χ1) is 8.72. The van der Waals surface area contributed by atoms with Gasteiger partial charge in [0.05, 0.1) is 0 Å². The summed E-state index contributed by atoms with van der Waals surface area (Å²) in [7, 11) is 0. The summed E-state index contributed by atoms with van der Waals surface area (Å²) in [5, 5.41) is 14.1. The Morgan fingerprint density at radius 2 is 2.05 bits per heavy atom. The Labute approximate surface area is 114 Å². The van der Waals surface area contributed by atoms with Crippen LogP contribution in [0.4, 0.5) is 4.79 Å². The van der Waals surface area contributed by atoms with Crippen LogP contribution in [-0.4, -0.2) is 53.2 Å². The Morgan fingerprint density at radius 1 is 1.42 bits per heavy atom. The highest BCUT2D eigenvalue weighted by molar-refractivity contribution is 5.85. The fraction of sp³-hybridized carbons (Fsp3) is 0.846. The van der Waals surface area contributed by atoms with Crippen LogP contribution in [0.1, 0.15) is 34.1 Å². The molecule has 1 unspecified atom stereocenters. The van der Waals surface area contributed by atoms with Crippen molar-refractivity contribution >= 4 is 12.0 Å². The molecule has 1 fully saturated rings. The zero-order valence-corrected chi connectivity index (χ0v) is 12.2. The molecule has 3 N–H and O–H groups in total. The molecule has 1 rings (SSSR count). The third-order valence-electron chi connectivity index (χ3n) is 3.56. The van der Waals surface area contributed by atoms with E-state index in [1.54, 1.807) is 0 Å². The fourth-order valence-electron chi connectivity index (χ4n) is 2.12. The number of hydrogen-bond donors (Lipinski definition) is 3. The van der Waals surface area contributed by atoms with Gasteiger partial charge in [0.2, 0.25) is 0 Å². The molecule has 110 valence electrons. The Hall–Kier alpha value is -1.30. The molecule has 6 heteroatoms. The highest BCUT2D eigenvalue weighted by atomic mass is 16.4. The smallest absolute Gasteiger partial charge is 0.328 e. The number of amides is 2. The van der Waals surface area contributed by atoms with Gasteiger partial charge >= 0.3 is 12.0 Å². The normalized spacial score (nSPS) is 20.6. The van der Waals surface area contributed by atoms with E-state index in [1.165, 1.54) is 13.8 Å². The van der Waals surface area contributed by atoms with Crippen molar-refractivity contribution in [2.45, 2.75) is 45.7 Å². The van der Waals surface area contributed by atoms with E-state index in [0.29, 0.717) is 18.5 Å². The summed E-state index contributed by atoms with van der Waals surface area (Å²) in [4.78, 5) is 24.9. The summed E-state index contributed by atoms with van der Waals surface area (Å²) in [6.07, 6.45) is 1.07. The minimum atomic E-state index is -1.25. The maximum atomic E-state index is 11.6. The minimum Gasteiger partial charge on any atom is -0.480 e. The zero-order valence-electron chi connectivity index (χ0n) is 12.2. The van der Waals surface area contributed by atoms with Crippen LogP contribution in [0.5, 0.6) is 0 Å². The first kappa shape index (κ1) is 15.8. The summed E-state index contributed by atoms with van der Waals surface area (Å²) in [6, 6.07) is 0.111. The number of carboxylic acids is 1. The van der Waals surface area contributed by atoms with Crippen molar-refractivity contribution in [2.24, 2.45) is 5.92 Å². The topological polar surface area (TPSA) is 81.7 Å². The average Bonchev–Trinajstić information content (AvgIpc) is 2.74. The molecule has 0 radical (unpaired) electrons. The van der Waals surface area contributed by atoms with Gasteiger partial charge in [-0.2, -0.15) is 0 Å². The second-order valence-electron chi connectivity index (χ2n) is 6.01. The molecule has 0 aromatic heterocycles. The van der Waals surface area contributed by atoms with E-state index < -0.39 is 17.5 Å². The van der Waals surface area contributed by atoms with E-state index in [9.17, 15) is 9.59 Å². The molecule has 0 bridgehead atoms. The predicted octanol–water partition coefficient (Wildman–Crippen LogP) is 0.879. The van der Waals surface area contributed by atoms with Crippen LogP contribution in [0.25, 0.3) is 0 Å². The molecule has 2 amide bonds. The van der Waals surface area contributed by atoms with Gasteiger partial charge in [0.1, 0.15) is 5.54 Å². The molecule has 0 aliphatic carbocycles. The lowest BCUT2D eigenvalue weighted by Crippen LogP contribution is -2.53. The molecule has 0 aromatic rings. The quantitative estimate of drug-likeness (QED) is 0.693. The predicted molar refractivity (Wildman–Crippen MR) is 73.1 cm³/mol. The number of aliphatic carboxylic acids is 1. The first-order valence-corrected chi connectivity index (χ1v) is 6.76. The average molecular weight is 271 g/mol. The molecular weight excluding hydrogens is 246 g/mol. The lowest BCUT2D eigenvalue weighted by molar-refractivity contribution is -0.142. The number of urea groups is 1. The lowest BCUT2D eigenvalue weighted by atomic mass is 10.1. The van der Waals surface area contributed by atoms with Crippen LogP contribution < -0.4 is 10.6 Å². The summed E-state index contributed by atoms with van der Waals surface area (Å²) < 4.78 is 0. The van der Waals surface area contributed by atoms with Crippen molar-refractivity contribution in [1.29, 1.82) is 0 Å². The molecule has 1 saturated heterocycles. The van der Waals surface area contributed by atoms with Crippen molar-refractivity contribution in [3.8, 4) is 0 Å². The molecule has 1 aliphatic rings. The minimum absolute atomic E-state index is 0.421. The zero-order chi connectivity index (χ0) is 14.6. The molecule has 19 heavy (non-hydrogen) atoms. The Bertz CT molecular complexity index is 342. The molecule has 1 heterocycles. The number of carbonyl (C=O) groups is 2. The second kappa shape index (κ2) is 6.23. The van der Waals surface area contributed by atoms with Crippen LogP contribution in [0.3, 0.4) is 0 Å². The van der Waals surface area contributed by atoms with Gasteiger partial charge in [-0.3, -0.25) is 0 Å². The van der Waals surface area contributed by atoms with E-state index in [4.69, 9.17) is 5.11 Å². The van der Waals surface area contributed by atoms with E-state index in [2.05, 4.69) is 29.4 Å². The second-order valence-corrected chi connectivity index (χ2v) is 6.01. The number of nitrogens with zero attached hydrogens (tertiary/aromatic N) is 1. The Morgan fingerprint density at radius 3 is 2.53 bits per heavy atom. The number of carbonyl (C=O) groups excluding carboxylic acids is 1. The third-order valence-corrected chi connectivity index (χ3v) is 3.56. The summed E-state index contributed by atoms with van der Waals surface area (Å²) in [5.74, 6) is -0.601. The van der Waals surface area contributed by atoms with Crippen LogP contribution >= 0.6 is 0 Å². The van der Waals surface area contributed by atoms with Crippen LogP contribution in [0, 0.1) is 5.92 Å². The molecular formula is C13H25N3O3. The molecule has 1 atom stereocenters. The fourth-order valence-corrected chi connectivity index (χ4v) is 2.12. The third kappa shape index (κ3) is 4.70. The van der Waals surface area contributed by atoms with Gasteiger partial charge < -0.3 is 20.6 Å². The van der Waals surface area contributed by atoms with Crippen LogP contribution in [0.15, 0.2) is 0 Å². The van der Waals surface area contributed by atoms with Gasteiger partial charge in [-0.1, -0.05) is 0 Å². The van der Waals surface area contributed by atoms with Crippen molar-refractivity contribution in [3.63, 3.8) is 0 Å². The molecule has 0 saturated carbocycles. The monoisotopic (exact) mass is 271 g/mol. The number of rotatable bonds is 5. The number of hydrogen-bond acceptors (Lipinski definition) is 3. The molecule has 1 aliphatic heterocycles. The van der Waals surface area contributed by atoms with Gasteiger partial charge in [-0.15, -0.1) is 0 Å². The van der Waals surface area contributed by atoms with E-state index in [-0.39, 0.29) is 0 Å². The van der Waals surface area contributed by atoms with E-state index in [0.717, 1.165) is 19.5 Å². The summed E-state index contributed by atoms with van der Waals surface area (Å²) in [5.41, 5.74) is -1.25. The van der Waals surface area contributed by atoms with Crippen molar-refractivity contribution in [3.05, 3.63) is 0 Å². The summed E-state index contributed by atoms with van der Waals surface area (Å²) >= 11 is 0. The van der Waals surface area contributed by atoms with E-state index >= 15 is 0 Å².